The number of benzene rings is 3. The molecule has 4 aromatic rings. The number of nitrogens with one attached hydrogen (secondary N) is 1. The molecule has 1 aromatic heterocycles. The van der Waals surface area contributed by atoms with Crippen LogP contribution in [-0.4, -0.2) is 34.7 Å². The predicted octanol–water partition coefficient (Wildman–Crippen LogP) is 4.44. The minimum absolute atomic E-state index is 0.248. The van der Waals surface area contributed by atoms with Crippen molar-refractivity contribution in [2.45, 2.75) is 0 Å². The minimum atomic E-state index is -0.400. The van der Waals surface area contributed by atoms with Gasteiger partial charge in [0.05, 0.1) is 21.3 Å². The van der Waals surface area contributed by atoms with E-state index in [-0.39, 0.29) is 17.4 Å². The third-order valence-electron chi connectivity index (χ3n) is 5.01. The predicted molar refractivity (Wildman–Crippen MR) is 116 cm³/mol. The number of para-hydroxylation sites is 1. The molecule has 1 aliphatic heterocycles. The molecule has 0 saturated heterocycles. The first-order chi connectivity index (χ1) is 14.5. The van der Waals surface area contributed by atoms with Crippen molar-refractivity contribution in [3.8, 4) is 10.6 Å². The van der Waals surface area contributed by atoms with E-state index in [1.165, 1.54) is 19.2 Å². The molecule has 3 aromatic carbocycles. The number of rotatable bonds is 3. The van der Waals surface area contributed by atoms with Crippen LogP contribution in [0.1, 0.15) is 31.1 Å². The van der Waals surface area contributed by atoms with E-state index < -0.39 is 5.91 Å². The van der Waals surface area contributed by atoms with Crippen LogP contribution in [0.25, 0.3) is 20.8 Å². The third-order valence-corrected chi connectivity index (χ3v) is 6.10. The minimum Gasteiger partial charge on any atom is -0.322 e. The molecule has 0 aliphatic carbocycles. The number of imide groups is 1. The summed E-state index contributed by atoms with van der Waals surface area (Å²) in [5, 5.41) is 3.73. The molecule has 146 valence electrons. The summed E-state index contributed by atoms with van der Waals surface area (Å²) in [6.45, 7) is 0. The van der Waals surface area contributed by atoms with E-state index in [0.29, 0.717) is 16.8 Å². The summed E-state index contributed by atoms with van der Waals surface area (Å²) >= 11 is 1.59. The fourth-order valence-electron chi connectivity index (χ4n) is 3.43. The second kappa shape index (κ2) is 6.89. The quantitative estimate of drug-likeness (QED) is 0.504. The van der Waals surface area contributed by atoms with Gasteiger partial charge < -0.3 is 5.32 Å². The first kappa shape index (κ1) is 18.2. The van der Waals surface area contributed by atoms with E-state index >= 15 is 0 Å². The molecular formula is C23H15N3O3S. The molecular weight excluding hydrogens is 398 g/mol. The number of anilines is 1. The molecule has 0 saturated carbocycles. The van der Waals surface area contributed by atoms with E-state index in [4.69, 9.17) is 0 Å². The topological polar surface area (TPSA) is 79.4 Å². The molecule has 0 fully saturated rings. The van der Waals surface area contributed by atoms with Crippen molar-refractivity contribution in [3.63, 3.8) is 0 Å². The Morgan fingerprint density at radius 1 is 0.933 bits per heavy atom. The van der Waals surface area contributed by atoms with Gasteiger partial charge in [0, 0.05) is 23.9 Å². The molecule has 0 bridgehead atoms. The molecule has 0 radical (unpaired) electrons. The molecule has 0 atom stereocenters. The molecule has 7 heteroatoms. The molecule has 6 nitrogen and oxygen atoms in total. The van der Waals surface area contributed by atoms with Crippen molar-refractivity contribution >= 4 is 45.0 Å². The fourth-order valence-corrected chi connectivity index (χ4v) is 4.39. The molecule has 1 aliphatic rings. The highest BCUT2D eigenvalue weighted by atomic mass is 32.1. The summed E-state index contributed by atoms with van der Waals surface area (Å²) in [6.07, 6.45) is 0. The highest BCUT2D eigenvalue weighted by Gasteiger charge is 2.33. The Bertz CT molecular complexity index is 1330. The number of hydrogen-bond acceptors (Lipinski definition) is 5. The molecule has 1 N–H and O–H groups in total. The first-order valence-electron chi connectivity index (χ1n) is 9.25. The van der Waals surface area contributed by atoms with Crippen molar-refractivity contribution < 1.29 is 14.4 Å². The molecule has 5 rings (SSSR count). The average Bonchev–Trinajstić information content (AvgIpc) is 3.29. The lowest BCUT2D eigenvalue weighted by Crippen LogP contribution is -2.24. The van der Waals surface area contributed by atoms with Gasteiger partial charge in [0.15, 0.2) is 0 Å². The first-order valence-corrected chi connectivity index (χ1v) is 10.1. The lowest BCUT2D eigenvalue weighted by molar-refractivity contribution is 0.0693. The van der Waals surface area contributed by atoms with E-state index in [9.17, 15) is 14.4 Å². The van der Waals surface area contributed by atoms with E-state index in [2.05, 4.69) is 10.3 Å². The summed E-state index contributed by atoms with van der Waals surface area (Å²) in [6, 6.07) is 19.9. The van der Waals surface area contributed by atoms with Crippen LogP contribution < -0.4 is 5.32 Å². The van der Waals surface area contributed by atoms with Gasteiger partial charge in [-0.05, 0) is 42.5 Å². The van der Waals surface area contributed by atoms with Crippen molar-refractivity contribution in [1.82, 2.24) is 9.88 Å². The number of amides is 3. The van der Waals surface area contributed by atoms with Crippen LogP contribution in [0.4, 0.5) is 5.69 Å². The van der Waals surface area contributed by atoms with Gasteiger partial charge in [-0.2, -0.15) is 0 Å². The highest BCUT2D eigenvalue weighted by Crippen LogP contribution is 2.31. The molecule has 2 heterocycles. The maximum Gasteiger partial charge on any atom is 0.261 e. The Labute approximate surface area is 175 Å². The van der Waals surface area contributed by atoms with Gasteiger partial charge in [-0.25, -0.2) is 4.98 Å². The van der Waals surface area contributed by atoms with E-state index in [0.717, 1.165) is 25.7 Å². The zero-order valence-electron chi connectivity index (χ0n) is 15.9. The Morgan fingerprint density at radius 3 is 2.57 bits per heavy atom. The Hall–Kier alpha value is -3.84. The van der Waals surface area contributed by atoms with Crippen molar-refractivity contribution in [3.05, 3.63) is 83.4 Å². The normalized spacial score (nSPS) is 13.0. The van der Waals surface area contributed by atoms with Crippen LogP contribution in [0.15, 0.2) is 66.7 Å². The van der Waals surface area contributed by atoms with Crippen molar-refractivity contribution in [1.29, 1.82) is 0 Å². The molecule has 0 spiro atoms. The molecule has 0 unspecified atom stereocenters. The zero-order chi connectivity index (χ0) is 20.8. The number of carbonyl (C=O) groups excluding carboxylic acids is 3. The van der Waals surface area contributed by atoms with Crippen LogP contribution in [0.2, 0.25) is 0 Å². The smallest absolute Gasteiger partial charge is 0.261 e. The maximum atomic E-state index is 12.7. The summed E-state index contributed by atoms with van der Waals surface area (Å²) in [5.41, 5.74) is 3.35. The van der Waals surface area contributed by atoms with Gasteiger partial charge in [-0.3, -0.25) is 19.3 Å². The maximum absolute atomic E-state index is 12.7. The fraction of sp³-hybridized carbons (Fsp3) is 0.0435. The second-order valence-corrected chi connectivity index (χ2v) is 7.98. The summed E-state index contributed by atoms with van der Waals surface area (Å²) < 4.78 is 1.10. The number of hydrogen-bond donors (Lipinski definition) is 1. The number of fused-ring (bicyclic) bond motifs is 2. The van der Waals surface area contributed by atoms with Gasteiger partial charge in [0.25, 0.3) is 17.7 Å². The summed E-state index contributed by atoms with van der Waals surface area (Å²) in [4.78, 5) is 42.6. The number of carbonyl (C=O) groups is 3. The monoisotopic (exact) mass is 413 g/mol. The number of thiazole rings is 1. The van der Waals surface area contributed by atoms with Gasteiger partial charge in [-0.15, -0.1) is 11.3 Å². The number of aromatic nitrogens is 1. The van der Waals surface area contributed by atoms with Crippen LogP contribution in [0.3, 0.4) is 0 Å². The average molecular weight is 413 g/mol. The van der Waals surface area contributed by atoms with Gasteiger partial charge >= 0.3 is 0 Å². The summed E-state index contributed by atoms with van der Waals surface area (Å²) in [5.74, 6) is -1.11. The Kier molecular flexibility index (Phi) is 4.18. The van der Waals surface area contributed by atoms with Crippen molar-refractivity contribution in [2.24, 2.45) is 0 Å². The van der Waals surface area contributed by atoms with Crippen molar-refractivity contribution in [2.75, 3.05) is 12.4 Å². The second-order valence-electron chi connectivity index (χ2n) is 6.95. The standard InChI is InChI=1S/C23H15N3O3S/c1-26-22(28)16-10-9-13(12-17(16)23(26)29)20(27)24-15-6-4-5-14(11-15)21-25-18-7-2-3-8-19(18)30-21/h2-12H,1H3,(H,24,27). The van der Waals surface area contributed by atoms with Crippen LogP contribution >= 0.6 is 11.3 Å². The highest BCUT2D eigenvalue weighted by molar-refractivity contribution is 7.21. The third kappa shape index (κ3) is 2.96. The Morgan fingerprint density at radius 2 is 1.73 bits per heavy atom. The summed E-state index contributed by atoms with van der Waals surface area (Å²) in [7, 11) is 1.43. The lowest BCUT2D eigenvalue weighted by Gasteiger charge is -2.07. The molecule has 30 heavy (non-hydrogen) atoms. The lowest BCUT2D eigenvalue weighted by atomic mass is 10.1. The largest absolute Gasteiger partial charge is 0.322 e. The van der Waals surface area contributed by atoms with Gasteiger partial charge in [-0.1, -0.05) is 24.3 Å². The Balaban J connectivity index is 1.42. The SMILES string of the molecule is CN1C(=O)c2ccc(C(=O)Nc3cccc(-c4nc5ccccc5s4)c3)cc2C1=O. The van der Waals surface area contributed by atoms with Gasteiger partial charge in [0.2, 0.25) is 0 Å². The van der Waals surface area contributed by atoms with Crippen LogP contribution in [0, 0.1) is 0 Å². The van der Waals surface area contributed by atoms with E-state index in [1.54, 1.807) is 23.5 Å². The number of nitrogens with zero attached hydrogens (tertiary/aromatic N) is 2. The van der Waals surface area contributed by atoms with E-state index in [1.807, 2.05) is 42.5 Å². The van der Waals surface area contributed by atoms with Crippen LogP contribution in [0.5, 0.6) is 0 Å². The molecule has 3 amide bonds. The van der Waals surface area contributed by atoms with Crippen LogP contribution in [-0.2, 0) is 0 Å². The zero-order valence-corrected chi connectivity index (χ0v) is 16.7. The van der Waals surface area contributed by atoms with Gasteiger partial charge in [0.1, 0.15) is 5.01 Å².